The number of nitrogens with one attached hydrogen (secondary N) is 1. The first-order valence-corrected chi connectivity index (χ1v) is 8.86. The van der Waals surface area contributed by atoms with E-state index in [0.29, 0.717) is 11.4 Å². The standard InChI is InChI=1S/C20H14BrF3N2O2/c1-28-18-5-3-2-4-14(18)17-9-6-12(11-25-17)19(27)26-13-7-8-16(21)15(10-13)20(22,23)24/h2-11H,1H3,(H,26,27). The average Bonchev–Trinajstić information content (AvgIpc) is 2.68. The number of para-hydroxylation sites is 1. The fourth-order valence-electron chi connectivity index (χ4n) is 2.57. The van der Waals surface area contributed by atoms with Gasteiger partial charge in [-0.15, -0.1) is 0 Å². The Hall–Kier alpha value is -2.87. The lowest BCUT2D eigenvalue weighted by Crippen LogP contribution is -2.14. The van der Waals surface area contributed by atoms with Crippen molar-refractivity contribution in [1.82, 2.24) is 4.98 Å². The monoisotopic (exact) mass is 450 g/mol. The van der Waals surface area contributed by atoms with E-state index in [-0.39, 0.29) is 15.7 Å². The highest BCUT2D eigenvalue weighted by molar-refractivity contribution is 9.10. The summed E-state index contributed by atoms with van der Waals surface area (Å²) in [6.45, 7) is 0. The Kier molecular flexibility index (Phi) is 5.69. The molecular formula is C20H14BrF3N2O2. The van der Waals surface area contributed by atoms with Gasteiger partial charge in [-0.05, 0) is 42.5 Å². The van der Waals surface area contributed by atoms with E-state index in [1.807, 2.05) is 18.2 Å². The fraction of sp³-hybridized carbons (Fsp3) is 0.100. The molecular weight excluding hydrogens is 437 g/mol. The highest BCUT2D eigenvalue weighted by Gasteiger charge is 2.33. The van der Waals surface area contributed by atoms with Crippen molar-refractivity contribution in [3.8, 4) is 17.0 Å². The number of ether oxygens (including phenoxy) is 1. The molecule has 144 valence electrons. The van der Waals surface area contributed by atoms with Crippen molar-refractivity contribution < 1.29 is 22.7 Å². The second kappa shape index (κ2) is 8.02. The molecule has 1 N–H and O–H groups in total. The molecule has 0 saturated carbocycles. The van der Waals surface area contributed by atoms with Crippen LogP contribution < -0.4 is 10.1 Å². The van der Waals surface area contributed by atoms with Gasteiger partial charge in [-0.25, -0.2) is 0 Å². The minimum atomic E-state index is -4.53. The Labute approximate surface area is 167 Å². The molecule has 8 heteroatoms. The van der Waals surface area contributed by atoms with Crippen molar-refractivity contribution in [2.45, 2.75) is 6.18 Å². The van der Waals surface area contributed by atoms with E-state index in [9.17, 15) is 18.0 Å². The Balaban J connectivity index is 1.81. The zero-order chi connectivity index (χ0) is 20.3. The van der Waals surface area contributed by atoms with E-state index < -0.39 is 17.6 Å². The van der Waals surface area contributed by atoms with Gasteiger partial charge in [-0.2, -0.15) is 13.2 Å². The third kappa shape index (κ3) is 4.33. The molecule has 0 aliphatic heterocycles. The van der Waals surface area contributed by atoms with Crippen LogP contribution in [0.3, 0.4) is 0 Å². The number of alkyl halides is 3. The number of hydrogen-bond donors (Lipinski definition) is 1. The first-order valence-electron chi connectivity index (χ1n) is 8.07. The Morgan fingerprint density at radius 2 is 1.86 bits per heavy atom. The quantitative estimate of drug-likeness (QED) is 0.547. The predicted octanol–water partition coefficient (Wildman–Crippen LogP) is 5.79. The minimum Gasteiger partial charge on any atom is -0.496 e. The smallest absolute Gasteiger partial charge is 0.417 e. The van der Waals surface area contributed by atoms with Crippen LogP contribution >= 0.6 is 15.9 Å². The van der Waals surface area contributed by atoms with Crippen molar-refractivity contribution in [1.29, 1.82) is 0 Å². The van der Waals surface area contributed by atoms with Gasteiger partial charge in [0.2, 0.25) is 0 Å². The summed E-state index contributed by atoms with van der Waals surface area (Å²) in [6.07, 6.45) is -3.17. The van der Waals surface area contributed by atoms with Crippen molar-refractivity contribution in [3.05, 3.63) is 76.4 Å². The lowest BCUT2D eigenvalue weighted by atomic mass is 10.1. The summed E-state index contributed by atoms with van der Waals surface area (Å²) in [4.78, 5) is 16.6. The van der Waals surface area contributed by atoms with Crippen LogP contribution in [-0.4, -0.2) is 18.0 Å². The second-order valence-corrected chi connectivity index (χ2v) is 6.63. The molecule has 4 nitrogen and oxygen atoms in total. The number of pyridine rings is 1. The highest BCUT2D eigenvalue weighted by Crippen LogP contribution is 2.36. The predicted molar refractivity (Wildman–Crippen MR) is 103 cm³/mol. The average molecular weight is 451 g/mol. The van der Waals surface area contributed by atoms with Crippen LogP contribution in [0.15, 0.2) is 65.3 Å². The van der Waals surface area contributed by atoms with E-state index in [4.69, 9.17) is 4.74 Å². The van der Waals surface area contributed by atoms with E-state index in [2.05, 4.69) is 26.2 Å². The molecule has 2 aromatic carbocycles. The number of aromatic nitrogens is 1. The largest absolute Gasteiger partial charge is 0.496 e. The van der Waals surface area contributed by atoms with Crippen LogP contribution in [0.5, 0.6) is 5.75 Å². The van der Waals surface area contributed by atoms with Crippen LogP contribution in [0.25, 0.3) is 11.3 Å². The summed E-state index contributed by atoms with van der Waals surface area (Å²) in [6, 6.07) is 14.0. The zero-order valence-electron chi connectivity index (χ0n) is 14.5. The molecule has 0 bridgehead atoms. The van der Waals surface area contributed by atoms with Crippen molar-refractivity contribution >= 4 is 27.5 Å². The first kappa shape index (κ1) is 19.9. The number of rotatable bonds is 4. The third-order valence-corrected chi connectivity index (χ3v) is 4.63. The molecule has 3 rings (SSSR count). The summed E-state index contributed by atoms with van der Waals surface area (Å²) in [5, 5.41) is 2.46. The first-order chi connectivity index (χ1) is 13.3. The van der Waals surface area contributed by atoms with Gasteiger partial charge in [0.15, 0.2) is 0 Å². The van der Waals surface area contributed by atoms with Crippen molar-refractivity contribution in [2.75, 3.05) is 12.4 Å². The molecule has 0 atom stereocenters. The number of methoxy groups -OCH3 is 1. The molecule has 0 radical (unpaired) electrons. The second-order valence-electron chi connectivity index (χ2n) is 5.78. The molecule has 28 heavy (non-hydrogen) atoms. The number of hydrogen-bond acceptors (Lipinski definition) is 3. The summed E-state index contributed by atoms with van der Waals surface area (Å²) in [7, 11) is 1.55. The van der Waals surface area contributed by atoms with Crippen molar-refractivity contribution in [2.24, 2.45) is 0 Å². The normalized spacial score (nSPS) is 11.2. The Morgan fingerprint density at radius 3 is 2.50 bits per heavy atom. The summed E-state index contributed by atoms with van der Waals surface area (Å²) >= 11 is 2.87. The minimum absolute atomic E-state index is 0.0364. The number of carbonyl (C=O) groups excluding carboxylic acids is 1. The number of benzene rings is 2. The van der Waals surface area contributed by atoms with Crippen molar-refractivity contribution in [3.63, 3.8) is 0 Å². The highest BCUT2D eigenvalue weighted by atomic mass is 79.9. The van der Waals surface area contributed by atoms with E-state index >= 15 is 0 Å². The van der Waals surface area contributed by atoms with Gasteiger partial charge in [0, 0.05) is 21.9 Å². The fourth-order valence-corrected chi connectivity index (χ4v) is 3.04. The van der Waals surface area contributed by atoms with Gasteiger partial charge in [0.1, 0.15) is 5.75 Å². The summed E-state index contributed by atoms with van der Waals surface area (Å²) in [5.74, 6) is 0.0799. The summed E-state index contributed by atoms with van der Waals surface area (Å²) < 4.78 is 44.2. The molecule has 0 spiro atoms. The molecule has 0 fully saturated rings. The van der Waals surface area contributed by atoms with Gasteiger partial charge in [-0.3, -0.25) is 9.78 Å². The van der Waals surface area contributed by atoms with Crippen LogP contribution in [0, 0.1) is 0 Å². The zero-order valence-corrected chi connectivity index (χ0v) is 16.1. The van der Waals surface area contributed by atoms with E-state index in [1.165, 1.54) is 18.3 Å². The molecule has 1 heterocycles. The Morgan fingerprint density at radius 1 is 1.11 bits per heavy atom. The van der Waals surface area contributed by atoms with Gasteiger partial charge in [0.25, 0.3) is 5.91 Å². The maximum absolute atomic E-state index is 13.0. The molecule has 0 aliphatic carbocycles. The Bertz CT molecular complexity index is 1010. The van der Waals surface area contributed by atoms with Crippen LogP contribution in [0.4, 0.5) is 18.9 Å². The van der Waals surface area contributed by atoms with Crippen LogP contribution in [-0.2, 0) is 6.18 Å². The number of carbonyl (C=O) groups is 1. The number of amides is 1. The number of halogens is 4. The molecule has 1 amide bonds. The van der Waals surface area contributed by atoms with Gasteiger partial charge < -0.3 is 10.1 Å². The molecule has 0 saturated heterocycles. The lowest BCUT2D eigenvalue weighted by molar-refractivity contribution is -0.138. The van der Waals surface area contributed by atoms with Gasteiger partial charge in [0.05, 0.1) is 23.9 Å². The van der Waals surface area contributed by atoms with Gasteiger partial charge in [-0.1, -0.05) is 28.1 Å². The SMILES string of the molecule is COc1ccccc1-c1ccc(C(=O)Nc2ccc(Br)c(C(F)(F)F)c2)cn1. The molecule has 0 aliphatic rings. The third-order valence-electron chi connectivity index (χ3n) is 3.94. The summed E-state index contributed by atoms with van der Waals surface area (Å²) in [5.41, 5.74) is 0.760. The van der Waals surface area contributed by atoms with Crippen LogP contribution in [0.2, 0.25) is 0 Å². The van der Waals surface area contributed by atoms with E-state index in [0.717, 1.165) is 11.6 Å². The number of nitrogens with zero attached hydrogens (tertiary/aromatic N) is 1. The molecule has 3 aromatic rings. The van der Waals surface area contributed by atoms with E-state index in [1.54, 1.807) is 25.3 Å². The van der Waals surface area contributed by atoms with Gasteiger partial charge >= 0.3 is 6.18 Å². The molecule has 0 unspecified atom stereocenters. The lowest BCUT2D eigenvalue weighted by Gasteiger charge is -2.12. The van der Waals surface area contributed by atoms with Crippen LogP contribution in [0.1, 0.15) is 15.9 Å². The number of anilines is 1. The maximum Gasteiger partial charge on any atom is 0.417 e. The maximum atomic E-state index is 13.0. The topological polar surface area (TPSA) is 51.2 Å². The molecule has 1 aromatic heterocycles.